The number of thiophene rings is 2. The fraction of sp³-hybridized carbons (Fsp3) is 0.214. The molecule has 3 aromatic rings. The van der Waals surface area contributed by atoms with E-state index in [9.17, 15) is 26.7 Å². The molecule has 2 aromatic heterocycles. The third kappa shape index (κ3) is 2.73. The van der Waals surface area contributed by atoms with E-state index in [4.69, 9.17) is 5.11 Å². The number of fused-ring (bicyclic) bond motifs is 2. The van der Waals surface area contributed by atoms with Gasteiger partial charge in [-0.05, 0) is 17.5 Å². The number of benzene rings is 1. The van der Waals surface area contributed by atoms with E-state index in [1.165, 1.54) is 11.4 Å². The Hall–Kier alpha value is -1.58. The van der Waals surface area contributed by atoms with Gasteiger partial charge in [0.1, 0.15) is 11.6 Å². The summed E-state index contributed by atoms with van der Waals surface area (Å²) in [6.45, 7) is 0. The molecule has 23 heavy (non-hydrogen) atoms. The van der Waals surface area contributed by atoms with Gasteiger partial charge in [0.15, 0.2) is 11.9 Å². The molecular weight excluding hydrogens is 359 g/mol. The Balaban J connectivity index is 2.05. The van der Waals surface area contributed by atoms with Gasteiger partial charge in [-0.15, -0.1) is 22.7 Å². The minimum absolute atomic E-state index is 0.0659. The number of Topliss-reactive ketones (excluding diaryl/α,β-unsaturated/α-hetero) is 1. The molecule has 0 spiro atoms. The maximum Gasteiger partial charge on any atom is 0.414 e. The van der Waals surface area contributed by atoms with E-state index in [2.05, 4.69) is 0 Å². The van der Waals surface area contributed by atoms with E-state index >= 15 is 0 Å². The first-order chi connectivity index (χ1) is 10.7. The molecule has 1 unspecified atom stereocenters. The second kappa shape index (κ2) is 5.50. The molecule has 1 aromatic carbocycles. The lowest BCUT2D eigenvalue weighted by atomic mass is 10.1. The maximum absolute atomic E-state index is 14.3. The molecule has 0 saturated heterocycles. The van der Waals surface area contributed by atoms with Crippen LogP contribution in [-0.4, -0.2) is 23.2 Å². The highest BCUT2D eigenvalue weighted by Crippen LogP contribution is 2.38. The molecular formula is C14H7F5O2S2. The number of halogens is 5. The minimum Gasteiger partial charge on any atom is -0.383 e. The van der Waals surface area contributed by atoms with Crippen molar-refractivity contribution in [2.45, 2.75) is 18.7 Å². The number of alkyl halides is 3. The Morgan fingerprint density at radius 3 is 2.48 bits per heavy atom. The quantitative estimate of drug-likeness (QED) is 0.529. The van der Waals surface area contributed by atoms with Crippen LogP contribution in [0.4, 0.5) is 22.0 Å². The molecule has 0 fully saturated rings. The Bertz CT molecular complexity index is 855. The molecule has 122 valence electrons. The number of aliphatic hydroxyl groups excluding tert-OH is 1. The molecule has 0 amide bonds. The van der Waals surface area contributed by atoms with Crippen LogP contribution in [0.25, 0.3) is 20.2 Å². The van der Waals surface area contributed by atoms with Gasteiger partial charge in [-0.25, -0.2) is 8.78 Å². The molecule has 0 aliphatic heterocycles. The summed E-state index contributed by atoms with van der Waals surface area (Å²) in [5.74, 6) is -2.44. The van der Waals surface area contributed by atoms with Gasteiger partial charge in [0, 0.05) is 17.2 Å². The van der Waals surface area contributed by atoms with Gasteiger partial charge in [-0.2, -0.15) is 13.2 Å². The van der Waals surface area contributed by atoms with E-state index < -0.39 is 36.1 Å². The van der Waals surface area contributed by atoms with Crippen molar-refractivity contribution in [2.24, 2.45) is 0 Å². The third-order valence-electron chi connectivity index (χ3n) is 3.30. The van der Waals surface area contributed by atoms with Crippen molar-refractivity contribution in [3.05, 3.63) is 34.0 Å². The zero-order chi connectivity index (χ0) is 16.9. The van der Waals surface area contributed by atoms with Crippen molar-refractivity contribution in [2.75, 3.05) is 0 Å². The van der Waals surface area contributed by atoms with E-state index in [1.807, 2.05) is 0 Å². The first-order valence-corrected chi connectivity index (χ1v) is 7.95. The Morgan fingerprint density at radius 2 is 1.83 bits per heavy atom. The van der Waals surface area contributed by atoms with Crippen molar-refractivity contribution >= 4 is 48.6 Å². The van der Waals surface area contributed by atoms with Crippen LogP contribution in [0.15, 0.2) is 17.5 Å². The van der Waals surface area contributed by atoms with Gasteiger partial charge in [-0.1, -0.05) is 0 Å². The van der Waals surface area contributed by atoms with Crippen LogP contribution in [0.3, 0.4) is 0 Å². The predicted octanol–water partition coefficient (Wildman–Crippen LogP) is 4.89. The van der Waals surface area contributed by atoms with E-state index in [-0.39, 0.29) is 25.0 Å². The summed E-state index contributed by atoms with van der Waals surface area (Å²) in [7, 11) is 0. The minimum atomic E-state index is -4.93. The summed E-state index contributed by atoms with van der Waals surface area (Å²) in [4.78, 5) is 11.6. The normalized spacial score (nSPS) is 13.8. The van der Waals surface area contributed by atoms with Crippen molar-refractivity contribution in [1.82, 2.24) is 0 Å². The largest absolute Gasteiger partial charge is 0.414 e. The molecule has 0 aliphatic carbocycles. The summed E-state index contributed by atoms with van der Waals surface area (Å²) < 4.78 is 65.5. The molecule has 0 aliphatic rings. The molecule has 0 bridgehead atoms. The molecule has 0 saturated carbocycles. The number of carbonyl (C=O) groups excluding carboxylic acids is 1. The van der Waals surface area contributed by atoms with Gasteiger partial charge in [-0.3, -0.25) is 4.79 Å². The average molecular weight is 366 g/mol. The number of aliphatic hydroxyl groups is 1. The Kier molecular flexibility index (Phi) is 3.89. The summed E-state index contributed by atoms with van der Waals surface area (Å²) in [6, 6.07) is 2.43. The lowest BCUT2D eigenvalue weighted by Crippen LogP contribution is -2.30. The number of carbonyl (C=O) groups is 1. The third-order valence-corrected chi connectivity index (χ3v) is 5.38. The Morgan fingerprint density at radius 1 is 1.17 bits per heavy atom. The van der Waals surface area contributed by atoms with E-state index in [0.717, 1.165) is 17.4 Å². The molecule has 1 atom stereocenters. The molecule has 9 heteroatoms. The van der Waals surface area contributed by atoms with Gasteiger partial charge >= 0.3 is 6.18 Å². The molecule has 2 heterocycles. The van der Waals surface area contributed by atoms with E-state index in [0.29, 0.717) is 11.3 Å². The van der Waals surface area contributed by atoms with Crippen LogP contribution in [0.1, 0.15) is 16.1 Å². The van der Waals surface area contributed by atoms with Crippen molar-refractivity contribution < 1.29 is 31.9 Å². The number of hydrogen-bond acceptors (Lipinski definition) is 4. The van der Waals surface area contributed by atoms with E-state index in [1.54, 1.807) is 0 Å². The first-order valence-electron chi connectivity index (χ1n) is 6.26. The lowest BCUT2D eigenvalue weighted by Gasteiger charge is -2.12. The standard InChI is InChI=1S/C14H7F5O2S2/c15-10-5-1-2-22-12(5)11(16)6-3-8(23-13(6)10)7(20)4-9(21)14(17,18)19/h1-3,9,21H,4H2. The van der Waals surface area contributed by atoms with Gasteiger partial charge < -0.3 is 5.11 Å². The summed E-state index contributed by atoms with van der Waals surface area (Å²) in [5.41, 5.74) is 0. The zero-order valence-corrected chi connectivity index (χ0v) is 12.7. The second-order valence-electron chi connectivity index (χ2n) is 4.83. The topological polar surface area (TPSA) is 37.3 Å². The van der Waals surface area contributed by atoms with Crippen molar-refractivity contribution in [3.8, 4) is 0 Å². The lowest BCUT2D eigenvalue weighted by molar-refractivity contribution is -0.202. The van der Waals surface area contributed by atoms with Crippen LogP contribution in [0.2, 0.25) is 0 Å². The highest BCUT2D eigenvalue weighted by molar-refractivity contribution is 7.21. The van der Waals surface area contributed by atoms with Gasteiger partial charge in [0.2, 0.25) is 0 Å². The number of hydrogen-bond donors (Lipinski definition) is 1. The molecule has 1 N–H and O–H groups in total. The fourth-order valence-corrected chi connectivity index (χ4v) is 4.03. The smallest absolute Gasteiger partial charge is 0.383 e. The zero-order valence-electron chi connectivity index (χ0n) is 11.1. The van der Waals surface area contributed by atoms with Crippen LogP contribution in [0.5, 0.6) is 0 Å². The predicted molar refractivity (Wildman–Crippen MR) is 78.1 cm³/mol. The van der Waals surface area contributed by atoms with Crippen LogP contribution < -0.4 is 0 Å². The molecule has 3 rings (SSSR count). The monoisotopic (exact) mass is 366 g/mol. The van der Waals surface area contributed by atoms with Gasteiger partial charge in [0.05, 0.1) is 14.3 Å². The van der Waals surface area contributed by atoms with Gasteiger partial charge in [0.25, 0.3) is 0 Å². The molecule has 2 nitrogen and oxygen atoms in total. The second-order valence-corrected chi connectivity index (χ2v) is 6.80. The van der Waals surface area contributed by atoms with Crippen molar-refractivity contribution in [1.29, 1.82) is 0 Å². The maximum atomic E-state index is 14.3. The van der Waals surface area contributed by atoms with Crippen molar-refractivity contribution in [3.63, 3.8) is 0 Å². The van der Waals surface area contributed by atoms with Crippen LogP contribution in [0, 0.1) is 11.6 Å². The first kappa shape index (κ1) is 16.3. The number of rotatable bonds is 3. The summed E-state index contributed by atoms with van der Waals surface area (Å²) in [5, 5.41) is 10.4. The SMILES string of the molecule is O=C(CC(O)C(F)(F)F)c1cc2c(F)c3sccc3c(F)c2s1. The average Bonchev–Trinajstić information content (AvgIpc) is 3.11. The molecule has 0 radical (unpaired) electrons. The highest BCUT2D eigenvalue weighted by atomic mass is 32.1. The summed E-state index contributed by atoms with van der Waals surface area (Å²) in [6.07, 6.45) is -8.92. The Labute approximate surface area is 133 Å². The highest BCUT2D eigenvalue weighted by Gasteiger charge is 2.39. The van der Waals surface area contributed by atoms with Crippen LogP contribution in [-0.2, 0) is 0 Å². The summed E-state index contributed by atoms with van der Waals surface area (Å²) >= 11 is 1.57. The fourth-order valence-electron chi connectivity index (χ4n) is 2.14. The van der Waals surface area contributed by atoms with Crippen LogP contribution >= 0.6 is 22.7 Å². The number of ketones is 1.